The van der Waals surface area contributed by atoms with Gasteiger partial charge in [0.1, 0.15) is 18.0 Å². The maximum atomic E-state index is 13.4. The van der Waals surface area contributed by atoms with E-state index in [1.165, 1.54) is 0 Å². The standard InChI is InChI=1S/C32H42N6O4/c1-6-35(7-2)16-17-38(32(40)25-10-8-24(3)9-11-25)23-31(39)37-20-18-36(19-21-37)30-15-14-28(33-34-30)27-13-12-26(41-4)22-29(27)42-5/h8-15,22H,6-7,16-21,23H2,1-5H3. The lowest BCUT2D eigenvalue weighted by atomic mass is 10.1. The predicted octanol–water partition coefficient (Wildman–Crippen LogP) is 3.60. The second-order valence-corrected chi connectivity index (χ2v) is 10.3. The topological polar surface area (TPSA) is 91.3 Å². The van der Waals surface area contributed by atoms with Crippen LogP contribution in [0.5, 0.6) is 11.5 Å². The molecule has 0 bridgehead atoms. The third kappa shape index (κ3) is 7.55. The number of rotatable bonds is 12. The number of hydrogen-bond donors (Lipinski definition) is 0. The number of benzene rings is 2. The molecule has 0 N–H and O–H groups in total. The number of aryl methyl sites for hydroxylation is 1. The number of aromatic nitrogens is 2. The molecule has 0 saturated carbocycles. The number of ether oxygens (including phenoxy) is 2. The van der Waals surface area contributed by atoms with E-state index in [-0.39, 0.29) is 18.4 Å². The molecule has 0 radical (unpaired) electrons. The molecule has 4 rings (SSSR count). The van der Waals surface area contributed by atoms with Crippen molar-refractivity contribution >= 4 is 17.6 Å². The summed E-state index contributed by atoms with van der Waals surface area (Å²) in [7, 11) is 3.23. The summed E-state index contributed by atoms with van der Waals surface area (Å²) in [6.45, 7) is 11.7. The van der Waals surface area contributed by atoms with E-state index in [4.69, 9.17) is 9.47 Å². The van der Waals surface area contributed by atoms with E-state index >= 15 is 0 Å². The van der Waals surface area contributed by atoms with E-state index in [0.717, 1.165) is 36.6 Å². The molecule has 1 fully saturated rings. The lowest BCUT2D eigenvalue weighted by molar-refractivity contribution is -0.132. The molecule has 0 unspecified atom stereocenters. The Bertz CT molecular complexity index is 1320. The van der Waals surface area contributed by atoms with Crippen molar-refractivity contribution < 1.29 is 19.1 Å². The van der Waals surface area contributed by atoms with Gasteiger partial charge in [-0.25, -0.2) is 0 Å². The van der Waals surface area contributed by atoms with Crippen LogP contribution in [0.15, 0.2) is 54.6 Å². The molecular formula is C32H42N6O4. The minimum Gasteiger partial charge on any atom is -0.497 e. The zero-order chi connectivity index (χ0) is 30.1. The zero-order valence-electron chi connectivity index (χ0n) is 25.4. The van der Waals surface area contributed by atoms with Crippen LogP contribution in [0, 0.1) is 6.92 Å². The first-order chi connectivity index (χ1) is 20.4. The molecular weight excluding hydrogens is 532 g/mol. The molecule has 1 aliphatic rings. The minimum atomic E-state index is -0.113. The van der Waals surface area contributed by atoms with Gasteiger partial charge in [-0.3, -0.25) is 9.59 Å². The molecule has 42 heavy (non-hydrogen) atoms. The summed E-state index contributed by atoms with van der Waals surface area (Å²) < 4.78 is 10.8. The van der Waals surface area contributed by atoms with Gasteiger partial charge in [0, 0.05) is 56.5 Å². The third-order valence-corrected chi connectivity index (χ3v) is 7.78. The van der Waals surface area contributed by atoms with Crippen molar-refractivity contribution in [2.75, 3.05) is 78.0 Å². The molecule has 3 aromatic rings. The van der Waals surface area contributed by atoms with Crippen molar-refractivity contribution in [3.05, 3.63) is 65.7 Å². The van der Waals surface area contributed by atoms with Crippen LogP contribution < -0.4 is 14.4 Å². The quantitative estimate of drug-likeness (QED) is 0.324. The fourth-order valence-corrected chi connectivity index (χ4v) is 5.03. The van der Waals surface area contributed by atoms with Gasteiger partial charge in [-0.05, 0) is 56.4 Å². The van der Waals surface area contributed by atoms with Crippen molar-refractivity contribution in [2.24, 2.45) is 0 Å². The molecule has 0 atom stereocenters. The van der Waals surface area contributed by atoms with Crippen LogP contribution in [0.25, 0.3) is 11.3 Å². The Labute approximate surface area is 248 Å². The number of methoxy groups -OCH3 is 2. The first-order valence-electron chi connectivity index (χ1n) is 14.5. The van der Waals surface area contributed by atoms with Crippen molar-refractivity contribution in [1.82, 2.24) is 24.9 Å². The highest BCUT2D eigenvalue weighted by Gasteiger charge is 2.26. The fraction of sp³-hybridized carbons (Fsp3) is 0.438. The van der Waals surface area contributed by atoms with Crippen molar-refractivity contribution in [3.8, 4) is 22.8 Å². The minimum absolute atomic E-state index is 0.0392. The zero-order valence-corrected chi connectivity index (χ0v) is 25.4. The Morgan fingerprint density at radius 3 is 2.17 bits per heavy atom. The molecule has 10 nitrogen and oxygen atoms in total. The van der Waals surface area contributed by atoms with E-state index in [1.807, 2.05) is 66.4 Å². The van der Waals surface area contributed by atoms with Crippen LogP contribution in [-0.2, 0) is 4.79 Å². The monoisotopic (exact) mass is 574 g/mol. The summed E-state index contributed by atoms with van der Waals surface area (Å²) >= 11 is 0. The van der Waals surface area contributed by atoms with Crippen LogP contribution in [0.1, 0.15) is 29.8 Å². The summed E-state index contributed by atoms with van der Waals surface area (Å²) in [5.41, 5.74) is 3.23. The number of hydrogen-bond acceptors (Lipinski definition) is 8. The average Bonchev–Trinajstić information content (AvgIpc) is 3.04. The fourth-order valence-electron chi connectivity index (χ4n) is 5.03. The summed E-state index contributed by atoms with van der Waals surface area (Å²) in [6, 6.07) is 17.0. The number of carbonyl (C=O) groups excluding carboxylic acids is 2. The Hall–Kier alpha value is -4.18. The smallest absolute Gasteiger partial charge is 0.254 e. The Kier molecular flexibility index (Phi) is 10.7. The Balaban J connectivity index is 1.37. The van der Waals surface area contributed by atoms with E-state index in [1.54, 1.807) is 19.1 Å². The van der Waals surface area contributed by atoms with Gasteiger partial charge in [-0.2, -0.15) is 0 Å². The van der Waals surface area contributed by atoms with Gasteiger partial charge in [0.2, 0.25) is 5.91 Å². The number of amides is 2. The van der Waals surface area contributed by atoms with Crippen molar-refractivity contribution in [1.29, 1.82) is 0 Å². The Morgan fingerprint density at radius 1 is 0.857 bits per heavy atom. The first kappa shape index (κ1) is 30.8. The Morgan fingerprint density at radius 2 is 1.57 bits per heavy atom. The van der Waals surface area contributed by atoms with Crippen LogP contribution in [-0.4, -0.2) is 110 Å². The second kappa shape index (κ2) is 14.6. The molecule has 2 heterocycles. The van der Waals surface area contributed by atoms with Gasteiger partial charge in [0.05, 0.1) is 19.9 Å². The first-order valence-corrected chi connectivity index (χ1v) is 14.5. The van der Waals surface area contributed by atoms with Crippen LogP contribution in [0.2, 0.25) is 0 Å². The number of anilines is 1. The lowest BCUT2D eigenvalue weighted by Gasteiger charge is -2.36. The van der Waals surface area contributed by atoms with E-state index in [2.05, 4.69) is 33.8 Å². The molecule has 2 aromatic carbocycles. The maximum Gasteiger partial charge on any atom is 0.254 e. The molecule has 1 saturated heterocycles. The highest BCUT2D eigenvalue weighted by atomic mass is 16.5. The second-order valence-electron chi connectivity index (χ2n) is 10.3. The number of likely N-dealkylation sites (N-methyl/N-ethyl adjacent to an activating group) is 1. The van der Waals surface area contributed by atoms with Gasteiger partial charge in [0.15, 0.2) is 5.82 Å². The summed E-state index contributed by atoms with van der Waals surface area (Å²) in [4.78, 5) is 34.7. The van der Waals surface area contributed by atoms with Crippen LogP contribution in [0.3, 0.4) is 0 Å². The van der Waals surface area contributed by atoms with Crippen LogP contribution in [0.4, 0.5) is 5.82 Å². The lowest BCUT2D eigenvalue weighted by Crippen LogP contribution is -2.52. The molecule has 0 aliphatic carbocycles. The molecule has 0 spiro atoms. The summed E-state index contributed by atoms with van der Waals surface area (Å²) in [6.07, 6.45) is 0. The highest BCUT2D eigenvalue weighted by molar-refractivity contribution is 5.96. The SMILES string of the molecule is CCN(CC)CCN(CC(=O)N1CCN(c2ccc(-c3ccc(OC)cc3OC)nn2)CC1)C(=O)c1ccc(C)cc1. The number of carbonyl (C=O) groups is 2. The van der Waals surface area contributed by atoms with Gasteiger partial charge >= 0.3 is 0 Å². The molecule has 224 valence electrons. The van der Waals surface area contributed by atoms with Gasteiger partial charge < -0.3 is 29.1 Å². The molecule has 1 aromatic heterocycles. The molecule has 10 heteroatoms. The van der Waals surface area contributed by atoms with E-state index in [9.17, 15) is 9.59 Å². The normalized spacial score (nSPS) is 13.3. The van der Waals surface area contributed by atoms with Crippen LogP contribution >= 0.6 is 0 Å². The highest BCUT2D eigenvalue weighted by Crippen LogP contribution is 2.32. The van der Waals surface area contributed by atoms with E-state index < -0.39 is 0 Å². The van der Waals surface area contributed by atoms with Crippen molar-refractivity contribution in [2.45, 2.75) is 20.8 Å². The van der Waals surface area contributed by atoms with E-state index in [0.29, 0.717) is 55.5 Å². The average molecular weight is 575 g/mol. The molecule has 1 aliphatic heterocycles. The van der Waals surface area contributed by atoms with Crippen molar-refractivity contribution in [3.63, 3.8) is 0 Å². The number of piperazine rings is 1. The predicted molar refractivity (Wildman–Crippen MR) is 164 cm³/mol. The largest absolute Gasteiger partial charge is 0.497 e. The summed E-state index contributed by atoms with van der Waals surface area (Å²) in [5.74, 6) is 1.98. The van der Waals surface area contributed by atoms with Gasteiger partial charge in [-0.15, -0.1) is 10.2 Å². The third-order valence-electron chi connectivity index (χ3n) is 7.78. The molecule has 2 amide bonds. The van der Waals surface area contributed by atoms with Gasteiger partial charge in [-0.1, -0.05) is 31.5 Å². The summed E-state index contributed by atoms with van der Waals surface area (Å²) in [5, 5.41) is 8.91. The maximum absolute atomic E-state index is 13.4. The van der Waals surface area contributed by atoms with Gasteiger partial charge in [0.25, 0.3) is 5.91 Å². The number of nitrogens with zero attached hydrogens (tertiary/aromatic N) is 6.